The van der Waals surface area contributed by atoms with Gasteiger partial charge in [-0.25, -0.2) is 5.16 Å². The molecule has 142 valence electrons. The van der Waals surface area contributed by atoms with Crippen LogP contribution in [0.3, 0.4) is 0 Å². The molecule has 2 heterocycles. The van der Waals surface area contributed by atoms with E-state index in [1.54, 1.807) is 30.4 Å². The molecular weight excluding hydrogens is 402 g/mol. The second-order valence-electron chi connectivity index (χ2n) is 5.34. The van der Waals surface area contributed by atoms with E-state index in [1.165, 1.54) is 7.11 Å². The van der Waals surface area contributed by atoms with Crippen LogP contribution in [0.1, 0.15) is 22.6 Å². The van der Waals surface area contributed by atoms with E-state index in [9.17, 15) is 10.1 Å². The molecule has 0 unspecified atom stereocenters. The van der Waals surface area contributed by atoms with Crippen molar-refractivity contribution >= 4 is 36.6 Å². The third-order valence-electron chi connectivity index (χ3n) is 3.58. The van der Waals surface area contributed by atoms with Crippen molar-refractivity contribution in [3.05, 3.63) is 60.8 Å². The van der Waals surface area contributed by atoms with E-state index >= 15 is 0 Å². The largest absolute Gasteiger partial charge is 0.493 e. The molecule has 0 fully saturated rings. The molecule has 0 saturated heterocycles. The number of nitriles is 1. The molecule has 11 heteroatoms. The van der Waals surface area contributed by atoms with Gasteiger partial charge in [0.15, 0.2) is 22.1 Å². The summed E-state index contributed by atoms with van der Waals surface area (Å²) in [7, 11) is 1.51. The first kappa shape index (κ1) is 19.3. The zero-order valence-corrected chi connectivity index (χ0v) is 16.1. The molecule has 2 aromatic heterocycles. The maximum Gasteiger partial charge on any atom is 0.314 e. The summed E-state index contributed by atoms with van der Waals surface area (Å²) in [6, 6.07) is 7.15. The Balaban J connectivity index is 1.97. The number of hydrogen-bond acceptors (Lipinski definition) is 8. The molecule has 0 aliphatic heterocycles. The molecule has 0 saturated carbocycles. The lowest BCUT2D eigenvalue weighted by molar-refractivity contribution is 0.269. The predicted octanol–water partition coefficient (Wildman–Crippen LogP) is 3.11. The smallest absolute Gasteiger partial charge is 0.314 e. The van der Waals surface area contributed by atoms with Crippen molar-refractivity contribution in [3.8, 4) is 17.6 Å². The second kappa shape index (κ2) is 8.47. The van der Waals surface area contributed by atoms with Crippen molar-refractivity contribution in [2.75, 3.05) is 7.11 Å². The van der Waals surface area contributed by atoms with Crippen LogP contribution in [0.4, 0.5) is 0 Å². The van der Waals surface area contributed by atoms with Crippen LogP contribution in [0, 0.1) is 20.9 Å². The van der Waals surface area contributed by atoms with Gasteiger partial charge in [-0.3, -0.25) is 9.78 Å². The summed E-state index contributed by atoms with van der Waals surface area (Å²) in [5, 5.41) is 11.8. The summed E-state index contributed by atoms with van der Waals surface area (Å²) in [6.45, 7) is 0.0677. The van der Waals surface area contributed by atoms with E-state index in [0.29, 0.717) is 22.9 Å². The molecule has 0 aliphatic rings. The van der Waals surface area contributed by atoms with Crippen LogP contribution in [0.25, 0.3) is 12.2 Å². The molecule has 0 bridgehead atoms. The Morgan fingerprint density at radius 1 is 1.32 bits per heavy atom. The van der Waals surface area contributed by atoms with Gasteiger partial charge in [0, 0.05) is 5.56 Å². The highest BCUT2D eigenvalue weighted by Crippen LogP contribution is 2.33. The lowest BCUT2D eigenvalue weighted by Gasteiger charge is -2.12. The topological polar surface area (TPSA) is 133 Å². The highest BCUT2D eigenvalue weighted by Gasteiger charge is 2.11. The van der Waals surface area contributed by atoms with Gasteiger partial charge in [0.2, 0.25) is 0 Å². The fraction of sp³-hybridized carbons (Fsp3) is 0.118. The molecule has 9 nitrogen and oxygen atoms in total. The second-order valence-corrected chi connectivity index (χ2v) is 6.10. The number of hydrogen-bond donors (Lipinski definition) is 3. The normalized spacial score (nSPS) is 10.7. The minimum atomic E-state index is -0.561. The molecule has 3 N–H and O–H groups in total. The standard InChI is InChI=1S/C17H13N5O4S2/c1-24-12-4-2-3-9(14(12)25-8-13-20-17(28)26-22-13)5-6-11-10(7-18)15(23)21-16(27)19-11/h2-6H,8H2,1H3,(H,20,22,28)(H2,19,21,23,27). The molecule has 0 amide bonds. The van der Waals surface area contributed by atoms with Crippen LogP contribution in [0.2, 0.25) is 0 Å². The van der Waals surface area contributed by atoms with E-state index in [4.69, 9.17) is 38.4 Å². The number of aromatic amines is 3. The minimum Gasteiger partial charge on any atom is -0.493 e. The maximum atomic E-state index is 11.9. The molecular formula is C17H13N5O4S2. The van der Waals surface area contributed by atoms with Crippen LogP contribution in [-0.2, 0) is 6.61 Å². The fourth-order valence-electron chi connectivity index (χ4n) is 2.35. The van der Waals surface area contributed by atoms with Crippen LogP contribution in [0.15, 0.2) is 27.5 Å². The molecule has 1 aromatic carbocycles. The Morgan fingerprint density at radius 3 is 2.82 bits per heavy atom. The van der Waals surface area contributed by atoms with E-state index in [0.717, 1.165) is 0 Å². The Hall–Kier alpha value is -3.49. The molecule has 28 heavy (non-hydrogen) atoms. The molecule has 3 rings (SSSR count). The van der Waals surface area contributed by atoms with Gasteiger partial charge in [-0.15, -0.1) is 0 Å². The van der Waals surface area contributed by atoms with Gasteiger partial charge >= 0.3 is 4.84 Å². The summed E-state index contributed by atoms with van der Waals surface area (Å²) >= 11 is 9.77. The van der Waals surface area contributed by atoms with E-state index in [1.807, 2.05) is 6.07 Å². The molecule has 0 radical (unpaired) electrons. The van der Waals surface area contributed by atoms with Crippen LogP contribution >= 0.6 is 24.4 Å². The first-order valence-corrected chi connectivity index (χ1v) is 8.62. The van der Waals surface area contributed by atoms with Crippen LogP contribution < -0.4 is 15.0 Å². The van der Waals surface area contributed by atoms with Gasteiger partial charge in [0.1, 0.15) is 18.2 Å². The first-order chi connectivity index (χ1) is 13.5. The molecule has 3 aromatic rings. The number of H-pyrrole nitrogens is 3. The Kier molecular flexibility index (Phi) is 5.83. The predicted molar refractivity (Wildman–Crippen MR) is 105 cm³/mol. The van der Waals surface area contributed by atoms with Gasteiger partial charge in [-0.1, -0.05) is 12.1 Å². The first-order valence-electron chi connectivity index (χ1n) is 7.80. The summed E-state index contributed by atoms with van der Waals surface area (Å²) < 4.78 is 16.1. The lowest BCUT2D eigenvalue weighted by Crippen LogP contribution is -2.13. The van der Waals surface area contributed by atoms with Gasteiger partial charge < -0.3 is 19.0 Å². The van der Waals surface area contributed by atoms with E-state index in [-0.39, 0.29) is 27.5 Å². The van der Waals surface area contributed by atoms with Gasteiger partial charge in [0.05, 0.1) is 12.8 Å². The number of para-hydroxylation sites is 1. The molecule has 0 atom stereocenters. The SMILES string of the molecule is COc1cccc(C=Cc2[nH]c(=S)[nH]c(=O)c2C#N)c1OCc1nc(=S)o[nH]1. The Morgan fingerprint density at radius 2 is 2.14 bits per heavy atom. The zero-order valence-electron chi connectivity index (χ0n) is 14.4. The Labute approximate surface area is 168 Å². The number of aromatic nitrogens is 4. The zero-order chi connectivity index (χ0) is 20.1. The van der Waals surface area contributed by atoms with Gasteiger partial charge in [0.25, 0.3) is 5.56 Å². The van der Waals surface area contributed by atoms with Crippen LogP contribution in [0.5, 0.6) is 11.5 Å². The van der Waals surface area contributed by atoms with E-state index in [2.05, 4.69) is 20.1 Å². The highest BCUT2D eigenvalue weighted by molar-refractivity contribution is 7.71. The number of nitrogens with zero attached hydrogens (tertiary/aromatic N) is 2. The fourth-order valence-corrected chi connectivity index (χ4v) is 2.71. The van der Waals surface area contributed by atoms with Crippen molar-refractivity contribution in [3.63, 3.8) is 0 Å². The summed E-state index contributed by atoms with van der Waals surface area (Å²) in [5.41, 5.74) is 0.287. The minimum absolute atomic E-state index is 0.0677. The van der Waals surface area contributed by atoms with Gasteiger partial charge in [-0.2, -0.15) is 10.2 Å². The number of benzene rings is 1. The average Bonchev–Trinajstić information content (AvgIpc) is 3.09. The summed E-state index contributed by atoms with van der Waals surface area (Å²) in [4.78, 5) is 21.1. The van der Waals surface area contributed by atoms with Crippen LogP contribution in [-0.4, -0.2) is 27.2 Å². The summed E-state index contributed by atoms with van der Waals surface area (Å²) in [5.74, 6) is 1.34. The lowest BCUT2D eigenvalue weighted by atomic mass is 10.1. The third-order valence-corrected chi connectivity index (χ3v) is 3.96. The quantitative estimate of drug-likeness (QED) is 0.523. The number of ether oxygens (including phenoxy) is 2. The van der Waals surface area contributed by atoms with Crippen molar-refractivity contribution in [1.82, 2.24) is 20.1 Å². The van der Waals surface area contributed by atoms with Gasteiger partial charge in [-0.05, 0) is 42.7 Å². The number of rotatable bonds is 6. The molecule has 0 aliphatic carbocycles. The van der Waals surface area contributed by atoms with Crippen molar-refractivity contribution in [1.29, 1.82) is 5.26 Å². The number of nitrogens with one attached hydrogen (secondary N) is 3. The number of methoxy groups -OCH3 is 1. The third kappa shape index (κ3) is 4.25. The monoisotopic (exact) mass is 415 g/mol. The van der Waals surface area contributed by atoms with Crippen molar-refractivity contribution in [2.24, 2.45) is 0 Å². The maximum absolute atomic E-state index is 11.9. The van der Waals surface area contributed by atoms with E-state index < -0.39 is 5.56 Å². The molecule has 0 spiro atoms. The van der Waals surface area contributed by atoms with Crippen molar-refractivity contribution < 1.29 is 14.0 Å². The van der Waals surface area contributed by atoms with Crippen molar-refractivity contribution in [2.45, 2.75) is 6.61 Å². The highest BCUT2D eigenvalue weighted by atomic mass is 32.1. The average molecular weight is 415 g/mol. The summed E-state index contributed by atoms with van der Waals surface area (Å²) in [6.07, 6.45) is 3.23. The Bertz CT molecular complexity index is 1250.